The van der Waals surface area contributed by atoms with Crippen LogP contribution in [0.15, 0.2) is 18.2 Å². The van der Waals surface area contributed by atoms with Crippen LogP contribution in [0.25, 0.3) is 11.0 Å². The zero-order valence-corrected chi connectivity index (χ0v) is 12.6. The van der Waals surface area contributed by atoms with Gasteiger partial charge in [0, 0.05) is 0 Å². The number of hydrogen-bond acceptors (Lipinski definition) is 3. The van der Waals surface area contributed by atoms with Crippen molar-refractivity contribution in [2.45, 2.75) is 40.0 Å². The van der Waals surface area contributed by atoms with Crippen LogP contribution in [-0.4, -0.2) is 22.5 Å². The van der Waals surface area contributed by atoms with Gasteiger partial charge in [-0.25, -0.2) is 4.98 Å². The minimum atomic E-state index is -0.340. The maximum atomic E-state index is 12.1. The van der Waals surface area contributed by atoms with Crippen LogP contribution in [-0.2, 0) is 16.0 Å². The standard InChI is InChI=1S/C16H22N2O2/c1-5-11-7-8-12-13(9-11)18-15(17-12)14(10(3)4)16(19)20-6-2/h7-10,14H,5-6H2,1-4H3,(H,17,18). The molecule has 0 bridgehead atoms. The predicted octanol–water partition coefficient (Wildman–Crippen LogP) is 3.43. The molecule has 1 N–H and O–H groups in total. The van der Waals surface area contributed by atoms with E-state index in [2.05, 4.69) is 29.0 Å². The highest BCUT2D eigenvalue weighted by atomic mass is 16.5. The molecule has 0 aliphatic carbocycles. The molecule has 0 saturated heterocycles. The Bertz CT molecular complexity index is 602. The number of esters is 1. The summed E-state index contributed by atoms with van der Waals surface area (Å²) in [5, 5.41) is 0. The normalized spacial score (nSPS) is 12.8. The summed E-state index contributed by atoms with van der Waals surface area (Å²) in [6.07, 6.45) is 0.982. The fourth-order valence-electron chi connectivity index (χ4n) is 2.38. The van der Waals surface area contributed by atoms with Crippen LogP contribution >= 0.6 is 0 Å². The highest BCUT2D eigenvalue weighted by Gasteiger charge is 2.28. The number of aromatic nitrogens is 2. The van der Waals surface area contributed by atoms with Crippen molar-refractivity contribution < 1.29 is 9.53 Å². The highest BCUT2D eigenvalue weighted by molar-refractivity contribution is 5.81. The van der Waals surface area contributed by atoms with Gasteiger partial charge in [-0.2, -0.15) is 0 Å². The van der Waals surface area contributed by atoms with E-state index in [-0.39, 0.29) is 17.8 Å². The molecule has 1 heterocycles. The number of aromatic amines is 1. The van der Waals surface area contributed by atoms with E-state index in [1.165, 1.54) is 5.56 Å². The van der Waals surface area contributed by atoms with E-state index in [1.54, 1.807) is 0 Å². The fraction of sp³-hybridized carbons (Fsp3) is 0.500. The minimum Gasteiger partial charge on any atom is -0.465 e. The molecular formula is C16H22N2O2. The molecule has 4 nitrogen and oxygen atoms in total. The van der Waals surface area contributed by atoms with Gasteiger partial charge in [0.1, 0.15) is 11.7 Å². The summed E-state index contributed by atoms with van der Waals surface area (Å²) in [6, 6.07) is 6.16. The van der Waals surface area contributed by atoms with E-state index in [4.69, 9.17) is 4.74 Å². The van der Waals surface area contributed by atoms with Gasteiger partial charge in [-0.1, -0.05) is 26.8 Å². The first-order chi connectivity index (χ1) is 9.56. The van der Waals surface area contributed by atoms with Crippen LogP contribution < -0.4 is 0 Å². The molecule has 1 unspecified atom stereocenters. The predicted molar refractivity (Wildman–Crippen MR) is 79.7 cm³/mol. The summed E-state index contributed by atoms with van der Waals surface area (Å²) in [6.45, 7) is 8.34. The smallest absolute Gasteiger partial charge is 0.316 e. The molecule has 0 amide bonds. The van der Waals surface area contributed by atoms with Crippen molar-refractivity contribution in [3.05, 3.63) is 29.6 Å². The lowest BCUT2D eigenvalue weighted by atomic mass is 9.95. The van der Waals surface area contributed by atoms with E-state index in [9.17, 15) is 4.79 Å². The van der Waals surface area contributed by atoms with Gasteiger partial charge < -0.3 is 9.72 Å². The van der Waals surface area contributed by atoms with Crippen molar-refractivity contribution in [1.29, 1.82) is 0 Å². The number of carbonyl (C=O) groups is 1. The van der Waals surface area contributed by atoms with Gasteiger partial charge in [-0.05, 0) is 37.0 Å². The number of aryl methyl sites for hydroxylation is 1. The highest BCUT2D eigenvalue weighted by Crippen LogP contribution is 2.26. The summed E-state index contributed by atoms with van der Waals surface area (Å²) in [5.74, 6) is 0.284. The second-order valence-electron chi connectivity index (χ2n) is 5.30. The SMILES string of the molecule is CCOC(=O)C(c1nc2ccc(CC)cc2[nH]1)C(C)C. The average molecular weight is 274 g/mol. The molecule has 0 saturated carbocycles. The van der Waals surface area contributed by atoms with Crippen LogP contribution in [0.4, 0.5) is 0 Å². The summed E-state index contributed by atoms with van der Waals surface area (Å²) < 4.78 is 5.16. The molecule has 0 radical (unpaired) electrons. The number of rotatable bonds is 5. The minimum absolute atomic E-state index is 0.139. The first kappa shape index (κ1) is 14.6. The number of H-pyrrole nitrogens is 1. The van der Waals surface area contributed by atoms with Crippen molar-refractivity contribution in [2.75, 3.05) is 6.61 Å². The number of carbonyl (C=O) groups excluding carboxylic acids is 1. The summed E-state index contributed by atoms with van der Waals surface area (Å²) in [5.41, 5.74) is 3.13. The summed E-state index contributed by atoms with van der Waals surface area (Å²) >= 11 is 0. The number of nitrogens with zero attached hydrogens (tertiary/aromatic N) is 1. The third kappa shape index (κ3) is 2.84. The van der Waals surface area contributed by atoms with Gasteiger partial charge in [0.05, 0.1) is 17.6 Å². The number of hydrogen-bond donors (Lipinski definition) is 1. The molecule has 1 aromatic heterocycles. The van der Waals surface area contributed by atoms with Gasteiger partial charge in [0.25, 0.3) is 0 Å². The third-order valence-electron chi connectivity index (χ3n) is 3.47. The van der Waals surface area contributed by atoms with E-state index < -0.39 is 0 Å². The molecule has 2 aromatic rings. The number of fused-ring (bicyclic) bond motifs is 1. The monoisotopic (exact) mass is 274 g/mol. The van der Waals surface area contributed by atoms with Crippen LogP contribution in [0.3, 0.4) is 0 Å². The van der Waals surface area contributed by atoms with E-state index >= 15 is 0 Å². The second kappa shape index (κ2) is 6.07. The molecule has 0 spiro atoms. The van der Waals surface area contributed by atoms with Crippen molar-refractivity contribution in [3.8, 4) is 0 Å². The molecule has 0 aliphatic heterocycles. The van der Waals surface area contributed by atoms with Gasteiger partial charge in [-0.15, -0.1) is 0 Å². The van der Waals surface area contributed by atoms with Gasteiger partial charge in [0.15, 0.2) is 0 Å². The van der Waals surface area contributed by atoms with Crippen molar-refractivity contribution in [1.82, 2.24) is 9.97 Å². The van der Waals surface area contributed by atoms with Crippen LogP contribution in [0.1, 0.15) is 45.0 Å². The van der Waals surface area contributed by atoms with Crippen molar-refractivity contribution in [3.63, 3.8) is 0 Å². The van der Waals surface area contributed by atoms with E-state index in [0.29, 0.717) is 12.4 Å². The quantitative estimate of drug-likeness (QED) is 0.850. The maximum absolute atomic E-state index is 12.1. The lowest BCUT2D eigenvalue weighted by molar-refractivity contribution is -0.146. The van der Waals surface area contributed by atoms with E-state index in [1.807, 2.05) is 26.8 Å². The Morgan fingerprint density at radius 1 is 1.35 bits per heavy atom. The first-order valence-corrected chi connectivity index (χ1v) is 7.22. The largest absolute Gasteiger partial charge is 0.465 e. The third-order valence-corrected chi connectivity index (χ3v) is 3.47. The van der Waals surface area contributed by atoms with Crippen molar-refractivity contribution >= 4 is 17.0 Å². The topological polar surface area (TPSA) is 55.0 Å². The Hall–Kier alpha value is -1.84. The van der Waals surface area contributed by atoms with Crippen LogP contribution in [0.2, 0.25) is 0 Å². The number of imidazole rings is 1. The Balaban J connectivity index is 2.40. The zero-order valence-electron chi connectivity index (χ0n) is 12.6. The molecule has 20 heavy (non-hydrogen) atoms. The molecular weight excluding hydrogens is 252 g/mol. The Labute approximate surface area is 119 Å². The molecule has 1 atom stereocenters. The zero-order chi connectivity index (χ0) is 14.7. The van der Waals surface area contributed by atoms with Crippen LogP contribution in [0.5, 0.6) is 0 Å². The Morgan fingerprint density at radius 3 is 2.70 bits per heavy atom. The lowest BCUT2D eigenvalue weighted by Gasteiger charge is -2.16. The van der Waals surface area contributed by atoms with Crippen molar-refractivity contribution in [2.24, 2.45) is 5.92 Å². The van der Waals surface area contributed by atoms with Gasteiger partial charge >= 0.3 is 5.97 Å². The van der Waals surface area contributed by atoms with Crippen LogP contribution in [0, 0.1) is 5.92 Å². The summed E-state index contributed by atoms with van der Waals surface area (Å²) in [7, 11) is 0. The second-order valence-corrected chi connectivity index (χ2v) is 5.30. The lowest BCUT2D eigenvalue weighted by Crippen LogP contribution is -2.22. The molecule has 108 valence electrons. The summed E-state index contributed by atoms with van der Waals surface area (Å²) in [4.78, 5) is 19.9. The Morgan fingerprint density at radius 2 is 2.10 bits per heavy atom. The van der Waals surface area contributed by atoms with Gasteiger partial charge in [0.2, 0.25) is 0 Å². The number of ether oxygens (including phenoxy) is 1. The molecule has 0 fully saturated rings. The fourth-order valence-corrected chi connectivity index (χ4v) is 2.38. The number of benzene rings is 1. The average Bonchev–Trinajstić information content (AvgIpc) is 2.80. The van der Waals surface area contributed by atoms with E-state index in [0.717, 1.165) is 17.5 Å². The maximum Gasteiger partial charge on any atom is 0.316 e. The van der Waals surface area contributed by atoms with Gasteiger partial charge in [-0.3, -0.25) is 4.79 Å². The molecule has 4 heteroatoms. The number of nitrogens with one attached hydrogen (secondary N) is 1. The Kier molecular flexibility index (Phi) is 4.42. The molecule has 2 rings (SSSR count). The molecule has 1 aromatic carbocycles. The molecule has 0 aliphatic rings. The first-order valence-electron chi connectivity index (χ1n) is 7.22.